The van der Waals surface area contributed by atoms with Gasteiger partial charge in [-0.3, -0.25) is 0 Å². The molecular weight excluding hydrogens is 148 g/mol. The van der Waals surface area contributed by atoms with Crippen molar-refractivity contribution in [2.75, 3.05) is 0 Å². The van der Waals surface area contributed by atoms with Gasteiger partial charge in [-0.25, -0.2) is 0 Å². The van der Waals surface area contributed by atoms with Gasteiger partial charge in [0.1, 0.15) is 0 Å². The van der Waals surface area contributed by atoms with Gasteiger partial charge in [-0.15, -0.1) is 0 Å². The maximum atomic E-state index is 9.68. The maximum Gasteiger partial charge on any atom is 0.0639 e. The summed E-state index contributed by atoms with van der Waals surface area (Å²) in [6, 6.07) is 0. The highest BCUT2D eigenvalue weighted by molar-refractivity contribution is 5.04. The largest absolute Gasteiger partial charge is 0.392 e. The van der Waals surface area contributed by atoms with Crippen molar-refractivity contribution >= 4 is 0 Å². The number of aliphatic hydroxyl groups is 1. The molecule has 1 N–H and O–H groups in total. The molecule has 2 aliphatic carbocycles. The molecule has 68 valence electrons. The molecule has 12 heavy (non-hydrogen) atoms. The predicted molar refractivity (Wildman–Crippen MR) is 49.8 cm³/mol. The zero-order chi connectivity index (χ0) is 8.39. The van der Waals surface area contributed by atoms with Gasteiger partial charge in [0.25, 0.3) is 0 Å². The highest BCUT2D eigenvalue weighted by Gasteiger charge is 2.29. The summed E-state index contributed by atoms with van der Waals surface area (Å²) in [4.78, 5) is 0. The molecule has 1 saturated carbocycles. The van der Waals surface area contributed by atoms with E-state index in [-0.39, 0.29) is 6.10 Å². The van der Waals surface area contributed by atoms with E-state index in [1.807, 2.05) is 0 Å². The van der Waals surface area contributed by atoms with E-state index < -0.39 is 0 Å². The molecule has 2 aliphatic rings. The molecule has 0 aromatic rings. The van der Waals surface area contributed by atoms with Crippen LogP contribution in [0, 0.1) is 11.8 Å². The Morgan fingerprint density at radius 2 is 1.83 bits per heavy atom. The van der Waals surface area contributed by atoms with Crippen molar-refractivity contribution in [3.63, 3.8) is 0 Å². The minimum atomic E-state index is -0.0619. The molecule has 0 aromatic carbocycles. The highest BCUT2D eigenvalue weighted by atomic mass is 16.3. The standard InChI is InChI=1S/C11H18O/c12-11-8-4-7-10(11)9-5-2-1-3-6-9/h4,7,9-12H,1-3,5-6,8H2. The van der Waals surface area contributed by atoms with Gasteiger partial charge < -0.3 is 5.11 Å². The summed E-state index contributed by atoms with van der Waals surface area (Å²) in [7, 11) is 0. The van der Waals surface area contributed by atoms with Gasteiger partial charge in [0.05, 0.1) is 6.10 Å². The highest BCUT2D eigenvalue weighted by Crippen LogP contribution is 2.35. The monoisotopic (exact) mass is 166 g/mol. The molecular formula is C11H18O. The topological polar surface area (TPSA) is 20.2 Å². The van der Waals surface area contributed by atoms with Crippen molar-refractivity contribution in [1.82, 2.24) is 0 Å². The number of rotatable bonds is 1. The maximum absolute atomic E-state index is 9.68. The lowest BCUT2D eigenvalue weighted by Gasteiger charge is -2.28. The Hall–Kier alpha value is -0.300. The summed E-state index contributed by atoms with van der Waals surface area (Å²) in [6.07, 6.45) is 12.0. The Morgan fingerprint density at radius 3 is 2.42 bits per heavy atom. The zero-order valence-corrected chi connectivity index (χ0v) is 7.58. The van der Waals surface area contributed by atoms with Crippen molar-refractivity contribution < 1.29 is 5.11 Å². The zero-order valence-electron chi connectivity index (χ0n) is 7.58. The Morgan fingerprint density at radius 1 is 1.08 bits per heavy atom. The average molecular weight is 166 g/mol. The normalized spacial score (nSPS) is 37.4. The van der Waals surface area contributed by atoms with Crippen molar-refractivity contribution in [2.24, 2.45) is 11.8 Å². The molecule has 2 rings (SSSR count). The predicted octanol–water partition coefficient (Wildman–Crippen LogP) is 2.50. The van der Waals surface area contributed by atoms with E-state index in [0.717, 1.165) is 12.3 Å². The van der Waals surface area contributed by atoms with Crippen LogP contribution in [0.1, 0.15) is 38.5 Å². The lowest BCUT2D eigenvalue weighted by molar-refractivity contribution is 0.0976. The fourth-order valence-electron chi connectivity index (χ4n) is 2.65. The van der Waals surface area contributed by atoms with Crippen LogP contribution >= 0.6 is 0 Å². The van der Waals surface area contributed by atoms with Gasteiger partial charge in [-0.1, -0.05) is 31.4 Å². The van der Waals surface area contributed by atoms with Gasteiger partial charge in [0, 0.05) is 5.92 Å². The minimum Gasteiger partial charge on any atom is -0.392 e. The van der Waals surface area contributed by atoms with Crippen molar-refractivity contribution in [3.05, 3.63) is 12.2 Å². The van der Waals surface area contributed by atoms with Gasteiger partial charge in [0.2, 0.25) is 0 Å². The molecule has 0 heterocycles. The lowest BCUT2D eigenvalue weighted by atomic mass is 9.79. The van der Waals surface area contributed by atoms with Crippen LogP contribution in [0.3, 0.4) is 0 Å². The van der Waals surface area contributed by atoms with Crippen molar-refractivity contribution in [2.45, 2.75) is 44.6 Å². The fraction of sp³-hybridized carbons (Fsp3) is 0.818. The summed E-state index contributed by atoms with van der Waals surface area (Å²) < 4.78 is 0. The van der Waals surface area contributed by atoms with E-state index in [1.54, 1.807) is 0 Å². The molecule has 0 aromatic heterocycles. The Labute approximate surface area is 74.5 Å². The number of aliphatic hydroxyl groups excluding tert-OH is 1. The van der Waals surface area contributed by atoms with Crippen LogP contribution in [0.15, 0.2) is 12.2 Å². The molecule has 0 spiro atoms. The quantitative estimate of drug-likeness (QED) is 0.593. The summed E-state index contributed by atoms with van der Waals surface area (Å²) in [5.74, 6) is 1.28. The third-order valence-electron chi connectivity index (χ3n) is 3.37. The van der Waals surface area contributed by atoms with Gasteiger partial charge in [0.15, 0.2) is 0 Å². The SMILES string of the molecule is OC1CC=CC1C1CCCCC1. The third-order valence-corrected chi connectivity index (χ3v) is 3.37. The third kappa shape index (κ3) is 1.56. The van der Waals surface area contributed by atoms with E-state index in [4.69, 9.17) is 0 Å². The van der Waals surface area contributed by atoms with Crippen LogP contribution in [-0.4, -0.2) is 11.2 Å². The van der Waals surface area contributed by atoms with E-state index >= 15 is 0 Å². The molecule has 1 nitrogen and oxygen atoms in total. The first-order valence-electron chi connectivity index (χ1n) is 5.22. The summed E-state index contributed by atoms with van der Waals surface area (Å²) in [5.41, 5.74) is 0. The lowest BCUT2D eigenvalue weighted by Crippen LogP contribution is -2.24. The van der Waals surface area contributed by atoms with E-state index in [9.17, 15) is 5.11 Å². The van der Waals surface area contributed by atoms with E-state index in [1.165, 1.54) is 32.1 Å². The molecule has 2 atom stereocenters. The van der Waals surface area contributed by atoms with Crippen LogP contribution in [0.4, 0.5) is 0 Å². The van der Waals surface area contributed by atoms with Crippen molar-refractivity contribution in [3.8, 4) is 0 Å². The van der Waals surface area contributed by atoms with Crippen LogP contribution in [0.2, 0.25) is 0 Å². The van der Waals surface area contributed by atoms with E-state index in [2.05, 4.69) is 12.2 Å². The Balaban J connectivity index is 1.93. The molecule has 0 amide bonds. The number of hydrogen-bond acceptors (Lipinski definition) is 1. The first-order valence-corrected chi connectivity index (χ1v) is 5.22. The smallest absolute Gasteiger partial charge is 0.0639 e. The Bertz CT molecular complexity index is 168. The summed E-state index contributed by atoms with van der Waals surface area (Å²) in [5, 5.41) is 9.68. The second kappa shape index (κ2) is 3.61. The minimum absolute atomic E-state index is 0.0619. The molecule has 0 bridgehead atoms. The van der Waals surface area contributed by atoms with Crippen molar-refractivity contribution in [1.29, 1.82) is 0 Å². The molecule has 1 fully saturated rings. The Kier molecular flexibility index (Phi) is 2.50. The molecule has 0 radical (unpaired) electrons. The van der Waals surface area contributed by atoms with Gasteiger partial charge >= 0.3 is 0 Å². The van der Waals surface area contributed by atoms with Crippen LogP contribution in [0.5, 0.6) is 0 Å². The molecule has 0 aliphatic heterocycles. The first kappa shape index (κ1) is 8.31. The van der Waals surface area contributed by atoms with Crippen LogP contribution in [-0.2, 0) is 0 Å². The molecule has 1 heteroatoms. The fourth-order valence-corrected chi connectivity index (χ4v) is 2.65. The molecule has 0 saturated heterocycles. The number of hydrogen-bond donors (Lipinski definition) is 1. The second-order valence-corrected chi connectivity index (χ2v) is 4.21. The second-order valence-electron chi connectivity index (χ2n) is 4.21. The van der Waals surface area contributed by atoms with Crippen LogP contribution < -0.4 is 0 Å². The molecule has 2 unspecified atom stereocenters. The average Bonchev–Trinajstić information content (AvgIpc) is 2.53. The van der Waals surface area contributed by atoms with E-state index in [0.29, 0.717) is 5.92 Å². The first-order chi connectivity index (χ1) is 5.88. The van der Waals surface area contributed by atoms with Crippen LogP contribution in [0.25, 0.3) is 0 Å². The summed E-state index contributed by atoms with van der Waals surface area (Å²) >= 11 is 0. The summed E-state index contributed by atoms with van der Waals surface area (Å²) in [6.45, 7) is 0. The van der Waals surface area contributed by atoms with Gasteiger partial charge in [-0.2, -0.15) is 0 Å². The van der Waals surface area contributed by atoms with Gasteiger partial charge in [-0.05, 0) is 25.2 Å².